The van der Waals surface area contributed by atoms with Crippen molar-refractivity contribution in [2.75, 3.05) is 72.7 Å². The van der Waals surface area contributed by atoms with Crippen molar-refractivity contribution in [2.24, 2.45) is 23.5 Å². The normalized spacial score (nSPS) is 24.1. The number of fused-ring (bicyclic) bond motifs is 5. The van der Waals surface area contributed by atoms with Gasteiger partial charge in [0.05, 0.1) is 79.8 Å². The molecule has 2 aromatic rings. The lowest BCUT2D eigenvalue weighted by atomic mass is 9.78. The van der Waals surface area contributed by atoms with Crippen LogP contribution in [-0.2, 0) is 70.0 Å². The number of anilines is 1. The third-order valence-electron chi connectivity index (χ3n) is 16.2. The van der Waals surface area contributed by atoms with Crippen LogP contribution in [0.3, 0.4) is 0 Å². The summed E-state index contributed by atoms with van der Waals surface area (Å²) in [5, 5.41) is 20.2. The number of primary amides is 1. The third kappa shape index (κ3) is 19.9. The number of amides is 5. The lowest BCUT2D eigenvalue weighted by Crippen LogP contribution is -2.53. The van der Waals surface area contributed by atoms with E-state index in [-0.39, 0.29) is 71.5 Å². The van der Waals surface area contributed by atoms with Crippen molar-refractivity contribution < 1.29 is 81.0 Å². The Hall–Kier alpha value is -6.12. The monoisotopic (exact) mass is 1290 g/mol. The number of epoxide rings is 1. The zero-order valence-electron chi connectivity index (χ0n) is 51.9. The molecule has 88 heavy (non-hydrogen) atoms. The number of ether oxygens (including phenoxy) is 7. The first-order valence-electron chi connectivity index (χ1n) is 29.3. The number of benzene rings is 2. The molecule has 0 aromatic heterocycles. The van der Waals surface area contributed by atoms with E-state index in [1.165, 1.54) is 47.1 Å². The van der Waals surface area contributed by atoms with Gasteiger partial charge in [-0.25, -0.2) is 14.0 Å². The fourth-order valence-corrected chi connectivity index (χ4v) is 11.5. The van der Waals surface area contributed by atoms with Gasteiger partial charge in [-0.3, -0.25) is 28.8 Å². The van der Waals surface area contributed by atoms with Gasteiger partial charge in [-0.05, 0) is 88.3 Å². The van der Waals surface area contributed by atoms with Crippen LogP contribution in [-0.4, -0.2) is 178 Å². The quantitative estimate of drug-likeness (QED) is 0.0276. The molecule has 5 amide bonds. The summed E-state index contributed by atoms with van der Waals surface area (Å²) in [5.41, 5.74) is 3.50. The molecular weight excluding hydrogens is 1210 g/mol. The first-order chi connectivity index (χ1) is 41.4. The Morgan fingerprint density at radius 2 is 1.70 bits per heavy atom. The predicted molar refractivity (Wildman–Crippen MR) is 331 cm³/mol. The highest BCUT2D eigenvalue weighted by Crippen LogP contribution is 2.50. The number of hydrogen-bond acceptors (Lipinski definition) is 17. The van der Waals surface area contributed by atoms with Crippen LogP contribution < -0.4 is 31.3 Å². The standard InChI is InChI=1S/C62H85Cl2FN6O16S/c1-34(2)41(30-52(88)67-19-21-84-23-22-83-20-17-36(4)72)57(76)69-45(15-13-18-68-60(66)79)47(73)28-40-27-43(63)42(29-44(40)65)58(77)70(8)38(6)59(78)86-51-31-53(74)71(9)46-25-39(26-48(81-10)55(46)64)24-35(3)14-12-16-50(82-11)62(80)32-49(85-54(75)33-62)37(5)56-61(51,7)87-56/h12,14,16,25-27,29,34,37-38,41,45,49-51,56,80H,13,15,17-24,28,30-33H2,1-11H3,(H,67,88)(H,69,76)(H3,66,68,79)/b16-12+,35-14+/t37-,38+,41+,45+,49+,50-,51+,56+,61+,62-/m1/s1. The fourth-order valence-electron chi connectivity index (χ4n) is 10.6. The molecule has 6 N–H and O–H groups in total. The number of nitrogens with zero attached hydrogens (tertiary/aromatic N) is 2. The topological polar surface area (TPSA) is 293 Å². The zero-order valence-corrected chi connectivity index (χ0v) is 54.3. The van der Waals surface area contributed by atoms with Crippen LogP contribution in [0, 0.1) is 23.6 Å². The van der Waals surface area contributed by atoms with Crippen LogP contribution in [0.4, 0.5) is 14.9 Å². The van der Waals surface area contributed by atoms with Gasteiger partial charge in [-0.2, -0.15) is 0 Å². The molecule has 4 bridgehead atoms. The minimum Gasteiger partial charge on any atom is -0.495 e. The molecule has 26 heteroatoms. The lowest BCUT2D eigenvalue weighted by Gasteiger charge is -2.41. The predicted octanol–water partition coefficient (Wildman–Crippen LogP) is 6.51. The van der Waals surface area contributed by atoms with E-state index >= 15 is 4.39 Å². The molecule has 10 atom stereocenters. The van der Waals surface area contributed by atoms with E-state index in [1.807, 2.05) is 26.8 Å². The molecule has 5 rings (SSSR count). The number of Topliss-reactive ketones (excluding diaryl/α,β-unsaturated/α-hetero) is 2. The van der Waals surface area contributed by atoms with Gasteiger partial charge in [0.1, 0.15) is 57.9 Å². The summed E-state index contributed by atoms with van der Waals surface area (Å²) in [6.45, 7) is 13.4. The summed E-state index contributed by atoms with van der Waals surface area (Å²) in [6.07, 6.45) is 0.856. The van der Waals surface area contributed by atoms with Gasteiger partial charge < -0.3 is 69.7 Å². The molecular formula is C62H85Cl2FN6O16S. The van der Waals surface area contributed by atoms with Gasteiger partial charge in [0.2, 0.25) is 11.8 Å². The molecule has 3 aliphatic rings. The highest BCUT2D eigenvalue weighted by atomic mass is 35.5. The molecule has 3 aliphatic heterocycles. The number of allylic oxidation sites excluding steroid dienone is 3. The summed E-state index contributed by atoms with van der Waals surface area (Å²) in [5.74, 6) is -6.47. The number of urea groups is 1. The van der Waals surface area contributed by atoms with Crippen LogP contribution in [0.1, 0.15) is 115 Å². The summed E-state index contributed by atoms with van der Waals surface area (Å²) in [7, 11) is 5.65. The van der Waals surface area contributed by atoms with Crippen molar-refractivity contribution in [1.29, 1.82) is 0 Å². The zero-order chi connectivity index (χ0) is 65.4. The maximum Gasteiger partial charge on any atom is 0.328 e. The molecule has 0 spiro atoms. The number of carbonyl (C=O) groups is 8. The van der Waals surface area contributed by atoms with Crippen molar-refractivity contribution in [2.45, 2.75) is 154 Å². The minimum atomic E-state index is -1.69. The molecule has 2 saturated heterocycles. The van der Waals surface area contributed by atoms with Crippen molar-refractivity contribution in [3.8, 4) is 5.75 Å². The number of nitrogens with two attached hydrogens (primary N) is 1. The van der Waals surface area contributed by atoms with Crippen molar-refractivity contribution >= 4 is 93.4 Å². The van der Waals surface area contributed by atoms with Crippen LogP contribution in [0.25, 0.3) is 0 Å². The Kier molecular flexibility index (Phi) is 27.3. The van der Waals surface area contributed by atoms with Crippen molar-refractivity contribution in [3.63, 3.8) is 0 Å². The highest BCUT2D eigenvalue weighted by molar-refractivity contribution is 7.80. The second kappa shape index (κ2) is 33.1. The largest absolute Gasteiger partial charge is 0.495 e. The van der Waals surface area contributed by atoms with Crippen molar-refractivity contribution in [3.05, 3.63) is 80.6 Å². The van der Waals surface area contributed by atoms with Crippen LogP contribution >= 0.6 is 35.4 Å². The van der Waals surface area contributed by atoms with Gasteiger partial charge in [-0.1, -0.05) is 80.0 Å². The summed E-state index contributed by atoms with van der Waals surface area (Å²) >= 11 is 19.1. The van der Waals surface area contributed by atoms with Gasteiger partial charge >= 0.3 is 18.0 Å². The number of hydrogen-bond donors (Lipinski definition) is 5. The molecule has 2 aromatic carbocycles. The number of likely N-dealkylation sites (N-methyl/N-ethyl adjacent to an activating group) is 1. The average molecular weight is 1290 g/mol. The van der Waals surface area contributed by atoms with Crippen LogP contribution in [0.15, 0.2) is 48.1 Å². The van der Waals surface area contributed by atoms with E-state index in [0.29, 0.717) is 62.2 Å². The molecule has 0 saturated carbocycles. The van der Waals surface area contributed by atoms with E-state index in [2.05, 4.69) is 16.0 Å². The number of aliphatic hydroxyl groups is 1. The Labute approximate surface area is 529 Å². The maximum atomic E-state index is 16.3. The summed E-state index contributed by atoms with van der Waals surface area (Å²) < 4.78 is 56.9. The van der Waals surface area contributed by atoms with Gasteiger partial charge in [-0.15, -0.1) is 0 Å². The number of halogens is 3. The minimum absolute atomic E-state index is 0.0261. The van der Waals surface area contributed by atoms with Crippen LogP contribution in [0.2, 0.25) is 10.0 Å². The molecule has 22 nitrogen and oxygen atoms in total. The lowest BCUT2D eigenvalue weighted by molar-refractivity contribution is -0.187. The number of nitrogens with one attached hydrogen (secondary N) is 3. The van der Waals surface area contributed by atoms with Gasteiger partial charge in [0.15, 0.2) is 5.78 Å². The molecule has 486 valence electrons. The van der Waals surface area contributed by atoms with Crippen molar-refractivity contribution in [1.82, 2.24) is 20.9 Å². The van der Waals surface area contributed by atoms with E-state index in [4.69, 9.17) is 74.3 Å². The second-order valence-electron chi connectivity index (χ2n) is 23.3. The Bertz CT molecular complexity index is 2950. The number of thiocarbonyl (C=S) groups is 1. The van der Waals surface area contributed by atoms with Gasteiger partial charge in [0, 0.05) is 71.8 Å². The smallest absolute Gasteiger partial charge is 0.328 e. The van der Waals surface area contributed by atoms with E-state index < -0.39 is 120 Å². The van der Waals surface area contributed by atoms with E-state index in [1.54, 1.807) is 38.1 Å². The number of esters is 2. The second-order valence-corrected chi connectivity index (χ2v) is 24.6. The Balaban J connectivity index is 1.33. The first kappa shape index (κ1) is 72.6. The third-order valence-corrected chi connectivity index (χ3v) is 17.2. The average Bonchev–Trinajstić information content (AvgIpc) is 1.94. The fraction of sp³-hybridized carbons (Fsp3) is 0.597. The Morgan fingerprint density at radius 1 is 1.01 bits per heavy atom. The number of rotatable bonds is 27. The summed E-state index contributed by atoms with van der Waals surface area (Å²) in [4.78, 5) is 110. The number of ketones is 2. The molecule has 2 fully saturated rings. The number of methoxy groups -OCH3 is 2. The molecule has 0 aliphatic carbocycles. The number of carbonyl (C=O) groups excluding carboxylic acids is 8. The molecule has 0 radical (unpaired) electrons. The van der Waals surface area contributed by atoms with Crippen LogP contribution in [0.5, 0.6) is 5.75 Å². The SMILES string of the molecule is COc1cc2cc(c1Cl)N(C)C(=O)C[C@H](OC(=O)[C@H](C)N(C)C(=O)c1cc(F)c(CC(=O)[C@H](CCCNC(N)=O)NC(=O)[C@@H](CC(=S)NCCOCCOCCC(C)=O)C(C)C)cc1Cl)[C@]1(C)O[C@H]1[C@H](C)[C@@H]1C[C@@](O)(CC(=O)O1)[C@H](OC)/C=C/C=C(\C)C2. The maximum absolute atomic E-state index is 16.3. The molecule has 0 unspecified atom stereocenters. The molecule has 3 heterocycles. The highest BCUT2D eigenvalue weighted by Gasteiger charge is 2.64. The van der Waals surface area contributed by atoms with E-state index in [9.17, 15) is 43.5 Å². The summed E-state index contributed by atoms with van der Waals surface area (Å²) in [6, 6.07) is 2.07. The first-order valence-corrected chi connectivity index (χ1v) is 30.4. The van der Waals surface area contributed by atoms with E-state index in [0.717, 1.165) is 28.2 Å². The van der Waals surface area contributed by atoms with Gasteiger partial charge in [0.25, 0.3) is 5.91 Å². The Morgan fingerprint density at radius 3 is 2.35 bits per heavy atom.